The summed E-state index contributed by atoms with van der Waals surface area (Å²) in [7, 11) is 1.54. The molecule has 0 aliphatic heterocycles. The first-order valence-corrected chi connectivity index (χ1v) is 3.62. The van der Waals surface area contributed by atoms with Crippen LogP contribution in [0.3, 0.4) is 0 Å². The van der Waals surface area contributed by atoms with Crippen molar-refractivity contribution >= 4 is 17.8 Å². The second-order valence-electron chi connectivity index (χ2n) is 2.03. The van der Waals surface area contributed by atoms with Gasteiger partial charge >= 0.3 is 5.97 Å². The van der Waals surface area contributed by atoms with E-state index in [0.29, 0.717) is 5.75 Å². The number of halogens is 1. The molecule has 2 N–H and O–H groups in total. The van der Waals surface area contributed by atoms with Gasteiger partial charge in [-0.15, -0.1) is 0 Å². The largest absolute Gasteiger partial charge is 0.497 e. The van der Waals surface area contributed by atoms with Crippen LogP contribution < -0.4 is 4.74 Å². The Morgan fingerprint density at radius 1 is 1.31 bits per heavy atom. The van der Waals surface area contributed by atoms with Crippen molar-refractivity contribution in [2.75, 3.05) is 7.11 Å². The Labute approximate surface area is 80.5 Å². The maximum absolute atomic E-state index is 10.4. The predicted octanol–water partition coefficient (Wildman–Crippen LogP) is 1.53. The number of carbonyl (C=O) groups is 1. The number of aromatic carboxylic acids is 1. The van der Waals surface area contributed by atoms with E-state index in [0.717, 1.165) is 0 Å². The van der Waals surface area contributed by atoms with E-state index in [1.807, 2.05) is 0 Å². The first-order valence-electron chi connectivity index (χ1n) is 3.28. The van der Waals surface area contributed by atoms with Crippen LogP contribution in [0.2, 0.25) is 0 Å². The first-order chi connectivity index (χ1) is 6.24. The number of ether oxygens (including phenoxy) is 1. The van der Waals surface area contributed by atoms with E-state index in [1.54, 1.807) is 12.1 Å². The van der Waals surface area contributed by atoms with E-state index in [2.05, 4.69) is 11.9 Å². The van der Waals surface area contributed by atoms with E-state index in [9.17, 15) is 4.79 Å². The highest BCUT2D eigenvalue weighted by Gasteiger charge is 2.00. The van der Waals surface area contributed by atoms with E-state index in [-0.39, 0.29) is 5.56 Å². The zero-order chi connectivity index (χ0) is 10.3. The molecule has 4 nitrogen and oxygen atoms in total. The average Bonchev–Trinajstić information content (AvgIpc) is 2.21. The van der Waals surface area contributed by atoms with Crippen LogP contribution in [0, 0.1) is 0 Å². The van der Waals surface area contributed by atoms with Crippen molar-refractivity contribution < 1.29 is 19.3 Å². The number of hydrogen-bond acceptors (Lipinski definition) is 3. The molecule has 72 valence electrons. The Kier molecular flexibility index (Phi) is 5.67. The van der Waals surface area contributed by atoms with Crippen molar-refractivity contribution in [2.45, 2.75) is 0 Å². The molecule has 0 saturated heterocycles. The molecule has 0 aliphatic rings. The Morgan fingerprint density at radius 2 is 1.77 bits per heavy atom. The second-order valence-corrected chi connectivity index (χ2v) is 2.03. The van der Waals surface area contributed by atoms with Crippen LogP contribution in [0.25, 0.3) is 0 Å². The minimum Gasteiger partial charge on any atom is -0.497 e. The Balaban J connectivity index is 0.000000671. The molecule has 0 fully saturated rings. The monoisotopic (exact) mass is 204 g/mol. The highest BCUT2D eigenvalue weighted by molar-refractivity contribution is 6.04. The molecule has 0 saturated carbocycles. The zero-order valence-electron chi connectivity index (χ0n) is 6.90. The van der Waals surface area contributed by atoms with Crippen LogP contribution in [0.5, 0.6) is 5.75 Å². The van der Waals surface area contributed by atoms with Gasteiger partial charge in [-0.3, -0.25) is 4.66 Å². The van der Waals surface area contributed by atoms with Gasteiger partial charge in [0, 0.05) is 0 Å². The van der Waals surface area contributed by atoms with Crippen molar-refractivity contribution in [1.82, 2.24) is 0 Å². The molecule has 0 unspecified atom stereocenters. The molecule has 0 aliphatic carbocycles. The van der Waals surface area contributed by atoms with Gasteiger partial charge in [0.2, 0.25) is 0 Å². The quantitative estimate of drug-likeness (QED) is 0.767. The van der Waals surface area contributed by atoms with Gasteiger partial charge in [-0.2, -0.15) is 0 Å². The summed E-state index contributed by atoms with van der Waals surface area (Å²) in [5.41, 5.74) is 0.269. The number of hydrogen-bond donors (Lipinski definition) is 2. The van der Waals surface area contributed by atoms with Gasteiger partial charge in [0.25, 0.3) is 0 Å². The molecule has 0 heterocycles. The van der Waals surface area contributed by atoms with E-state index in [1.165, 1.54) is 19.2 Å². The zero-order valence-corrected chi connectivity index (χ0v) is 7.65. The lowest BCUT2D eigenvalue weighted by atomic mass is 10.2. The molecule has 0 aromatic heterocycles. The molecule has 13 heavy (non-hydrogen) atoms. The molecule has 0 atom stereocenters. The molecule has 0 spiro atoms. The summed E-state index contributed by atoms with van der Waals surface area (Å²) in [5.74, 6) is -0.261. The molecule has 0 radical (unpaired) electrons. The number of carboxylic acid groups (broad SMARTS) is 1. The highest BCUT2D eigenvalue weighted by Crippen LogP contribution is 2.10. The second kappa shape index (κ2) is 6.28. The Bertz CT molecular complexity index is 257. The van der Waals surface area contributed by atoms with Crippen molar-refractivity contribution in [1.29, 1.82) is 0 Å². The first kappa shape index (κ1) is 11.7. The van der Waals surface area contributed by atoms with Crippen LogP contribution in [0.1, 0.15) is 10.4 Å². The summed E-state index contributed by atoms with van der Waals surface area (Å²) < 4.78 is 11.3. The Morgan fingerprint density at radius 3 is 2.08 bits per heavy atom. The third-order valence-electron chi connectivity index (χ3n) is 1.34. The van der Waals surface area contributed by atoms with Gasteiger partial charge in [-0.1, -0.05) is 0 Å². The van der Waals surface area contributed by atoms with Gasteiger partial charge in [0.15, 0.2) is 0 Å². The Hall–Kier alpha value is -1.26. The fraction of sp³-hybridized carbons (Fsp3) is 0.125. The molecule has 1 aromatic carbocycles. The standard InChI is InChI=1S/C8H8O3.ClHO/c1-11-7-4-2-6(3-5-7)8(9)10;1-2/h2-5H,1H3,(H,9,10);2H. The molecular weight excluding hydrogens is 196 g/mol. The van der Waals surface area contributed by atoms with Crippen LogP contribution in [-0.2, 0) is 0 Å². The number of benzene rings is 1. The van der Waals surface area contributed by atoms with Crippen LogP contribution in [0.4, 0.5) is 0 Å². The van der Waals surface area contributed by atoms with Gasteiger partial charge < -0.3 is 9.84 Å². The SMILES string of the molecule is COc1ccc(C(=O)O)cc1.OCl. The molecular formula is C8H9ClO4. The van der Waals surface area contributed by atoms with Crippen molar-refractivity contribution in [3.63, 3.8) is 0 Å². The van der Waals surface area contributed by atoms with Gasteiger partial charge in [-0.05, 0) is 24.3 Å². The fourth-order valence-electron chi connectivity index (χ4n) is 0.734. The number of rotatable bonds is 2. The number of carboxylic acids is 1. The summed E-state index contributed by atoms with van der Waals surface area (Å²) in [6, 6.07) is 6.23. The molecule has 1 aromatic rings. The molecule has 1 rings (SSSR count). The third-order valence-corrected chi connectivity index (χ3v) is 1.34. The summed E-state index contributed by atoms with van der Waals surface area (Å²) in [5, 5.41) is 8.51. The summed E-state index contributed by atoms with van der Waals surface area (Å²) in [6.07, 6.45) is 0. The highest BCUT2D eigenvalue weighted by atomic mass is 35.5. The van der Waals surface area contributed by atoms with Gasteiger partial charge in [0.05, 0.1) is 24.5 Å². The molecule has 5 heteroatoms. The van der Waals surface area contributed by atoms with Crippen LogP contribution in [-0.4, -0.2) is 22.8 Å². The van der Waals surface area contributed by atoms with Crippen molar-refractivity contribution in [3.05, 3.63) is 29.8 Å². The number of methoxy groups -OCH3 is 1. The van der Waals surface area contributed by atoms with Gasteiger partial charge in [-0.25, -0.2) is 4.79 Å². The summed E-state index contributed by atoms with van der Waals surface area (Å²) >= 11 is 3.64. The normalized spacial score (nSPS) is 8.23. The minimum atomic E-state index is -0.923. The van der Waals surface area contributed by atoms with Crippen molar-refractivity contribution in [3.8, 4) is 5.75 Å². The van der Waals surface area contributed by atoms with Crippen LogP contribution in [0.15, 0.2) is 24.3 Å². The molecule has 0 amide bonds. The topological polar surface area (TPSA) is 66.8 Å². The maximum atomic E-state index is 10.4. The minimum absolute atomic E-state index is 0.269. The van der Waals surface area contributed by atoms with E-state index < -0.39 is 5.97 Å². The van der Waals surface area contributed by atoms with E-state index in [4.69, 9.17) is 14.5 Å². The van der Waals surface area contributed by atoms with E-state index >= 15 is 0 Å². The van der Waals surface area contributed by atoms with Crippen LogP contribution >= 0.6 is 11.9 Å². The summed E-state index contributed by atoms with van der Waals surface area (Å²) in [4.78, 5) is 10.4. The van der Waals surface area contributed by atoms with Gasteiger partial charge in [0.1, 0.15) is 5.75 Å². The fourth-order valence-corrected chi connectivity index (χ4v) is 0.734. The predicted molar refractivity (Wildman–Crippen MR) is 48.0 cm³/mol. The lowest BCUT2D eigenvalue weighted by Gasteiger charge is -1.98. The van der Waals surface area contributed by atoms with Crippen molar-refractivity contribution in [2.24, 2.45) is 0 Å². The lowest BCUT2D eigenvalue weighted by molar-refractivity contribution is 0.0697. The third kappa shape index (κ3) is 3.78. The average molecular weight is 205 g/mol. The summed E-state index contributed by atoms with van der Waals surface area (Å²) in [6.45, 7) is 0. The lowest BCUT2D eigenvalue weighted by Crippen LogP contribution is -1.95. The maximum Gasteiger partial charge on any atom is 0.335 e. The molecule has 0 bridgehead atoms. The smallest absolute Gasteiger partial charge is 0.335 e.